The maximum absolute atomic E-state index is 13.1. The largest absolute Gasteiger partial charge is 0.490 e. The lowest BCUT2D eigenvalue weighted by Gasteiger charge is -2.19. The summed E-state index contributed by atoms with van der Waals surface area (Å²) in [5.41, 5.74) is 0.721. The summed E-state index contributed by atoms with van der Waals surface area (Å²) >= 11 is 0. The van der Waals surface area contributed by atoms with Gasteiger partial charge in [0, 0.05) is 13.2 Å². The minimum Gasteiger partial charge on any atom is -0.490 e. The summed E-state index contributed by atoms with van der Waals surface area (Å²) in [5, 5.41) is 0. The van der Waals surface area contributed by atoms with Gasteiger partial charge in [-0.2, -0.15) is 0 Å². The first-order valence-corrected chi connectivity index (χ1v) is 7.26. The third-order valence-electron chi connectivity index (χ3n) is 3.15. The Labute approximate surface area is 134 Å². The van der Waals surface area contributed by atoms with Crippen molar-refractivity contribution in [2.75, 3.05) is 13.7 Å². The van der Waals surface area contributed by atoms with E-state index in [0.29, 0.717) is 5.75 Å². The molecule has 23 heavy (non-hydrogen) atoms. The molecular weight excluding hydrogens is 299 g/mol. The van der Waals surface area contributed by atoms with Gasteiger partial charge in [-0.15, -0.1) is 0 Å². The van der Waals surface area contributed by atoms with Gasteiger partial charge in [0.1, 0.15) is 24.3 Å². The van der Waals surface area contributed by atoms with Crippen LogP contribution in [0.5, 0.6) is 5.75 Å². The van der Waals surface area contributed by atoms with E-state index in [1.807, 2.05) is 18.2 Å². The van der Waals surface area contributed by atoms with Crippen molar-refractivity contribution < 1.29 is 23.4 Å². The van der Waals surface area contributed by atoms with E-state index >= 15 is 0 Å². The number of ether oxygens (including phenoxy) is 3. The summed E-state index contributed by atoms with van der Waals surface area (Å²) in [6, 6.07) is 14.9. The van der Waals surface area contributed by atoms with Crippen molar-refractivity contribution in [1.29, 1.82) is 0 Å². The number of benzene rings is 2. The minimum absolute atomic E-state index is 0.125. The van der Waals surface area contributed by atoms with Crippen LogP contribution in [0.4, 0.5) is 4.39 Å². The predicted octanol–water partition coefficient (Wildman–Crippen LogP) is 3.52. The quantitative estimate of drug-likeness (QED) is 0.733. The van der Waals surface area contributed by atoms with Crippen molar-refractivity contribution in [3.05, 3.63) is 66.0 Å². The number of hydrogen-bond acceptors (Lipinski definition) is 4. The van der Waals surface area contributed by atoms with E-state index < -0.39 is 18.2 Å². The molecule has 4 nitrogen and oxygen atoms in total. The minimum atomic E-state index is -0.784. The molecule has 0 aliphatic heterocycles. The normalized spacial score (nSPS) is 13.2. The number of esters is 1. The number of hydrogen-bond donors (Lipinski definition) is 0. The first-order valence-electron chi connectivity index (χ1n) is 7.26. The molecule has 0 fully saturated rings. The second-order valence-electron chi connectivity index (χ2n) is 5.04. The van der Waals surface area contributed by atoms with Crippen LogP contribution in [0.3, 0.4) is 0 Å². The van der Waals surface area contributed by atoms with Gasteiger partial charge in [0.05, 0.1) is 0 Å². The highest BCUT2D eigenvalue weighted by Gasteiger charge is 2.23. The van der Waals surface area contributed by atoms with Gasteiger partial charge in [-0.3, -0.25) is 0 Å². The Morgan fingerprint density at radius 2 is 1.87 bits per heavy atom. The van der Waals surface area contributed by atoms with Crippen molar-refractivity contribution in [3.8, 4) is 5.75 Å². The smallest absolute Gasteiger partial charge is 0.340 e. The van der Waals surface area contributed by atoms with Gasteiger partial charge in [0.15, 0.2) is 6.10 Å². The van der Waals surface area contributed by atoms with E-state index in [2.05, 4.69) is 0 Å². The monoisotopic (exact) mass is 318 g/mol. The highest BCUT2D eigenvalue weighted by Crippen LogP contribution is 2.19. The van der Waals surface area contributed by atoms with Crippen molar-refractivity contribution in [2.24, 2.45) is 0 Å². The topological polar surface area (TPSA) is 44.8 Å². The average molecular weight is 318 g/mol. The van der Waals surface area contributed by atoms with E-state index in [4.69, 9.17) is 14.2 Å². The highest BCUT2D eigenvalue weighted by molar-refractivity contribution is 5.76. The molecular formula is C18H19FO4. The standard InChI is InChI=1S/C18H19FO4/c1-13(12-22-16-10-6-9-15(19)11-16)23-18(20)17(21-2)14-7-4-3-5-8-14/h3-11,13,17H,12H2,1-2H3. The Morgan fingerprint density at radius 1 is 1.13 bits per heavy atom. The van der Waals surface area contributed by atoms with Gasteiger partial charge < -0.3 is 14.2 Å². The number of rotatable bonds is 7. The van der Waals surface area contributed by atoms with Crippen molar-refractivity contribution in [2.45, 2.75) is 19.1 Å². The van der Waals surface area contributed by atoms with Gasteiger partial charge in [0.2, 0.25) is 0 Å². The lowest BCUT2D eigenvalue weighted by Crippen LogP contribution is -2.26. The zero-order valence-corrected chi connectivity index (χ0v) is 13.1. The first kappa shape index (κ1) is 17.0. The van der Waals surface area contributed by atoms with Gasteiger partial charge in [0.25, 0.3) is 0 Å². The SMILES string of the molecule is COC(C(=O)OC(C)COc1cccc(F)c1)c1ccccc1. The van der Waals surface area contributed by atoms with Crippen molar-refractivity contribution >= 4 is 5.97 Å². The fourth-order valence-corrected chi connectivity index (χ4v) is 2.06. The summed E-state index contributed by atoms with van der Waals surface area (Å²) in [5.74, 6) is -0.482. The maximum Gasteiger partial charge on any atom is 0.340 e. The van der Waals surface area contributed by atoms with Crippen LogP contribution in [0.1, 0.15) is 18.6 Å². The van der Waals surface area contributed by atoms with Crippen LogP contribution >= 0.6 is 0 Å². The van der Waals surface area contributed by atoms with Crippen LogP contribution in [-0.4, -0.2) is 25.8 Å². The molecule has 0 N–H and O–H groups in total. The van der Waals surface area contributed by atoms with Gasteiger partial charge in [-0.05, 0) is 24.6 Å². The summed E-state index contributed by atoms with van der Waals surface area (Å²) in [7, 11) is 1.45. The molecule has 0 aliphatic carbocycles. The molecule has 0 aliphatic rings. The molecule has 0 heterocycles. The Morgan fingerprint density at radius 3 is 2.52 bits per heavy atom. The number of methoxy groups -OCH3 is 1. The van der Waals surface area contributed by atoms with Gasteiger partial charge in [-0.1, -0.05) is 36.4 Å². The van der Waals surface area contributed by atoms with Crippen molar-refractivity contribution in [1.82, 2.24) is 0 Å². The van der Waals surface area contributed by atoms with Crippen LogP contribution in [0.25, 0.3) is 0 Å². The van der Waals surface area contributed by atoms with Crippen LogP contribution in [0.15, 0.2) is 54.6 Å². The Hall–Kier alpha value is -2.40. The molecule has 0 saturated carbocycles. The lowest BCUT2D eigenvalue weighted by atomic mass is 10.1. The Kier molecular flexibility index (Phi) is 6.11. The molecule has 122 valence electrons. The van der Waals surface area contributed by atoms with Crippen molar-refractivity contribution in [3.63, 3.8) is 0 Å². The zero-order valence-electron chi connectivity index (χ0n) is 13.1. The molecule has 2 rings (SSSR count). The predicted molar refractivity (Wildman–Crippen MR) is 83.6 cm³/mol. The fraction of sp³-hybridized carbons (Fsp3) is 0.278. The molecule has 0 aromatic heterocycles. The van der Waals surface area contributed by atoms with Gasteiger partial charge in [-0.25, -0.2) is 9.18 Å². The van der Waals surface area contributed by atoms with Crippen LogP contribution in [0, 0.1) is 5.82 Å². The summed E-state index contributed by atoms with van der Waals surface area (Å²) in [4.78, 5) is 12.2. The lowest BCUT2D eigenvalue weighted by molar-refractivity contribution is -0.162. The molecule has 0 bridgehead atoms. The molecule has 5 heteroatoms. The van der Waals surface area contributed by atoms with E-state index in [-0.39, 0.29) is 12.4 Å². The van der Waals surface area contributed by atoms with E-state index in [9.17, 15) is 9.18 Å². The summed E-state index contributed by atoms with van der Waals surface area (Å²) < 4.78 is 29.0. The Bertz CT molecular complexity index is 630. The molecule has 0 amide bonds. The second kappa shape index (κ2) is 8.29. The molecule has 2 atom stereocenters. The zero-order chi connectivity index (χ0) is 16.7. The third-order valence-corrected chi connectivity index (χ3v) is 3.15. The maximum atomic E-state index is 13.1. The molecule has 0 saturated heterocycles. The molecule has 0 spiro atoms. The van der Waals surface area contributed by atoms with Crippen LogP contribution in [0.2, 0.25) is 0 Å². The van der Waals surface area contributed by atoms with E-state index in [1.165, 1.54) is 19.2 Å². The van der Waals surface area contributed by atoms with Crippen LogP contribution < -0.4 is 4.74 Å². The molecule has 2 aromatic rings. The molecule has 2 aromatic carbocycles. The summed E-state index contributed by atoms with van der Waals surface area (Å²) in [6.07, 6.45) is -1.28. The Balaban J connectivity index is 1.88. The second-order valence-corrected chi connectivity index (χ2v) is 5.04. The van der Waals surface area contributed by atoms with Crippen LogP contribution in [-0.2, 0) is 14.3 Å². The number of halogens is 1. The third kappa shape index (κ3) is 5.07. The molecule has 0 radical (unpaired) electrons. The summed E-state index contributed by atoms with van der Waals surface area (Å²) in [6.45, 7) is 1.83. The van der Waals surface area contributed by atoms with E-state index in [0.717, 1.165) is 5.56 Å². The number of carbonyl (C=O) groups is 1. The first-order chi connectivity index (χ1) is 11.1. The highest BCUT2D eigenvalue weighted by atomic mass is 19.1. The number of carbonyl (C=O) groups excluding carboxylic acids is 1. The molecule has 2 unspecified atom stereocenters. The van der Waals surface area contributed by atoms with Gasteiger partial charge >= 0.3 is 5.97 Å². The fourth-order valence-electron chi connectivity index (χ4n) is 2.06. The average Bonchev–Trinajstić information content (AvgIpc) is 2.55. The van der Waals surface area contributed by atoms with E-state index in [1.54, 1.807) is 31.2 Å².